The first-order chi connectivity index (χ1) is 33.1. The Kier molecular flexibility index (Phi) is 12.3. The second-order valence-corrected chi connectivity index (χ2v) is 16.6. The fourth-order valence-electron chi connectivity index (χ4n) is 8.92. The van der Waals surface area contributed by atoms with E-state index >= 15 is 0 Å². The summed E-state index contributed by atoms with van der Waals surface area (Å²) in [7, 11) is 0. The van der Waals surface area contributed by atoms with E-state index in [-0.39, 0.29) is 0 Å². The summed E-state index contributed by atoms with van der Waals surface area (Å²) in [6.07, 6.45) is 0. The van der Waals surface area contributed by atoms with E-state index in [0.29, 0.717) is 11.5 Å². The molecule has 0 aliphatic heterocycles. The number of benzene rings is 10. The molecule has 0 saturated carbocycles. The van der Waals surface area contributed by atoms with E-state index in [1.54, 1.807) is 0 Å². The largest absolute Gasteiger partial charge is 0.233 e. The number of hydrogen-bond acceptors (Lipinski definition) is 1. The highest BCUT2D eigenvalue weighted by Crippen LogP contribution is 2.50. The van der Waals surface area contributed by atoms with Crippen molar-refractivity contribution in [1.29, 1.82) is 0 Å². The zero-order chi connectivity index (χ0) is 45.4. The van der Waals surface area contributed by atoms with E-state index < -0.39 is 0 Å². The van der Waals surface area contributed by atoms with Crippen LogP contribution in [0.4, 0.5) is 0 Å². The molecule has 0 fully saturated rings. The molecule has 2 nitrogen and oxygen atoms in total. The van der Waals surface area contributed by atoms with Crippen molar-refractivity contribution in [2.75, 3.05) is 0 Å². The van der Waals surface area contributed by atoms with Gasteiger partial charge in [-0.1, -0.05) is 243 Å². The van der Waals surface area contributed by atoms with Gasteiger partial charge in [-0.25, -0.2) is 9.98 Å². The maximum atomic E-state index is 5.13. The van der Waals surface area contributed by atoms with Crippen molar-refractivity contribution in [1.82, 2.24) is 0 Å². The first kappa shape index (κ1) is 42.2. The molecule has 318 valence electrons. The average molecular weight is 857 g/mol. The van der Waals surface area contributed by atoms with Gasteiger partial charge in [-0.2, -0.15) is 0 Å². The number of nitrogens with zero attached hydrogens (tertiary/aromatic N) is 2. The maximum Gasteiger partial charge on any atom is 0.160 e. The molecule has 0 radical (unpaired) electrons. The summed E-state index contributed by atoms with van der Waals surface area (Å²) in [5, 5.41) is 0. The number of aliphatic imine (C=N–C) groups is 2. The minimum atomic E-state index is 0.609. The van der Waals surface area contributed by atoms with Gasteiger partial charge in [0.1, 0.15) is 0 Å². The highest BCUT2D eigenvalue weighted by atomic mass is 14.9. The van der Waals surface area contributed by atoms with Crippen LogP contribution in [0.2, 0.25) is 0 Å². The molecule has 10 aromatic carbocycles. The van der Waals surface area contributed by atoms with E-state index in [9.17, 15) is 0 Å². The van der Waals surface area contributed by atoms with Gasteiger partial charge in [-0.05, 0) is 120 Å². The zero-order valence-corrected chi connectivity index (χ0v) is 37.4. The van der Waals surface area contributed by atoms with Crippen LogP contribution in [-0.4, -0.2) is 11.5 Å². The minimum absolute atomic E-state index is 0.609. The van der Waals surface area contributed by atoms with Crippen molar-refractivity contribution in [3.05, 3.63) is 284 Å². The first-order valence-electron chi connectivity index (χ1n) is 22.8. The van der Waals surface area contributed by atoms with Crippen LogP contribution in [0, 0.1) is 0 Å². The minimum Gasteiger partial charge on any atom is -0.233 e. The van der Waals surface area contributed by atoms with Gasteiger partial charge in [0.25, 0.3) is 0 Å². The summed E-state index contributed by atoms with van der Waals surface area (Å²) < 4.78 is 0. The van der Waals surface area contributed by atoms with Gasteiger partial charge in [-0.15, -0.1) is 0 Å². The number of amidine groups is 1. The Morgan fingerprint density at radius 2 is 0.627 bits per heavy atom. The van der Waals surface area contributed by atoms with E-state index in [1.807, 2.05) is 55.5 Å². The molecule has 0 spiro atoms. The van der Waals surface area contributed by atoms with Crippen molar-refractivity contribution < 1.29 is 0 Å². The molecule has 0 aromatic heterocycles. The topological polar surface area (TPSA) is 24.7 Å². The highest BCUT2D eigenvalue weighted by Gasteiger charge is 2.24. The van der Waals surface area contributed by atoms with Crippen molar-refractivity contribution in [3.63, 3.8) is 0 Å². The molecule has 0 saturated heterocycles. The first-order valence-corrected chi connectivity index (χ1v) is 22.8. The van der Waals surface area contributed by atoms with Gasteiger partial charge in [0, 0.05) is 11.3 Å². The summed E-state index contributed by atoms with van der Waals surface area (Å²) in [4.78, 5) is 10.2. The van der Waals surface area contributed by atoms with Gasteiger partial charge >= 0.3 is 0 Å². The summed E-state index contributed by atoms with van der Waals surface area (Å²) in [5.74, 6) is 0.609. The molecule has 0 N–H and O–H groups in total. The third kappa shape index (κ3) is 9.29. The number of hydrogen-bond donors (Lipinski definition) is 0. The van der Waals surface area contributed by atoms with E-state index in [2.05, 4.69) is 219 Å². The Bertz CT molecular complexity index is 3370. The Balaban J connectivity index is 1.11. The second-order valence-electron chi connectivity index (χ2n) is 16.6. The van der Waals surface area contributed by atoms with Crippen LogP contribution in [0.25, 0.3) is 83.6 Å². The Labute approximate surface area is 394 Å². The molecular formula is C65H48N2. The monoisotopic (exact) mass is 856 g/mol. The van der Waals surface area contributed by atoms with Crippen LogP contribution in [0.15, 0.2) is 277 Å². The molecule has 10 rings (SSSR count). The number of rotatable bonds is 11. The normalized spacial score (nSPS) is 11.6. The van der Waals surface area contributed by atoms with E-state index in [0.717, 1.165) is 50.2 Å². The Hall–Kier alpha value is -8.72. The van der Waals surface area contributed by atoms with Crippen molar-refractivity contribution in [2.45, 2.75) is 6.92 Å². The molecule has 0 aliphatic carbocycles. The lowest BCUT2D eigenvalue weighted by Crippen LogP contribution is -2.04. The molecule has 67 heavy (non-hydrogen) atoms. The van der Waals surface area contributed by atoms with Crippen molar-refractivity contribution in [2.24, 2.45) is 9.98 Å². The molecule has 0 aliphatic rings. The molecule has 2 heteroatoms. The average Bonchev–Trinajstić information content (AvgIpc) is 3.41. The fraction of sp³-hybridized carbons (Fsp3) is 0.0154. The van der Waals surface area contributed by atoms with Crippen molar-refractivity contribution in [3.8, 4) is 77.9 Å². The van der Waals surface area contributed by atoms with Gasteiger partial charge in [-0.3, -0.25) is 0 Å². The van der Waals surface area contributed by atoms with Gasteiger partial charge in [0.15, 0.2) is 5.84 Å². The molecule has 10 aromatic rings. The predicted molar refractivity (Wildman–Crippen MR) is 285 cm³/mol. The van der Waals surface area contributed by atoms with Crippen LogP contribution < -0.4 is 0 Å². The van der Waals surface area contributed by atoms with Crippen LogP contribution in [0.3, 0.4) is 0 Å². The highest BCUT2D eigenvalue weighted by molar-refractivity contribution is 6.13. The lowest BCUT2D eigenvalue weighted by atomic mass is 9.78. The van der Waals surface area contributed by atoms with Gasteiger partial charge < -0.3 is 0 Å². The van der Waals surface area contributed by atoms with Gasteiger partial charge in [0.05, 0.1) is 5.70 Å². The van der Waals surface area contributed by atoms with Crippen LogP contribution in [-0.2, 0) is 0 Å². The Morgan fingerprint density at radius 3 is 1.13 bits per heavy atom. The molecule has 0 atom stereocenters. The quantitative estimate of drug-likeness (QED) is 0.0915. The van der Waals surface area contributed by atoms with E-state index in [4.69, 9.17) is 9.98 Å². The molecule has 0 bridgehead atoms. The summed E-state index contributed by atoms with van der Waals surface area (Å²) in [6, 6.07) is 92.5. The summed E-state index contributed by atoms with van der Waals surface area (Å²) in [6.45, 7) is 6.38. The fourth-order valence-corrected chi connectivity index (χ4v) is 8.92. The van der Waals surface area contributed by atoms with E-state index in [1.165, 1.54) is 50.1 Å². The molecule has 0 heterocycles. The van der Waals surface area contributed by atoms with Gasteiger partial charge in [0.2, 0.25) is 0 Å². The third-order valence-electron chi connectivity index (χ3n) is 12.2. The molecular weight excluding hydrogens is 809 g/mol. The summed E-state index contributed by atoms with van der Waals surface area (Å²) in [5.41, 5.74) is 20.7. The predicted octanol–water partition coefficient (Wildman–Crippen LogP) is 17.3. The molecule has 0 amide bonds. The SMILES string of the molecule is C=C(/N=C(\N=C(/C)c1ccccc1)c1cccc(-c2cccc(-c3cccc(-c4cc(-c5ccccc5)c(-c5ccccc5)c(-c5ccccc5)c4-c4ccccc4)c3)c2)c1)c1ccccc1. The van der Waals surface area contributed by atoms with Crippen LogP contribution in [0.1, 0.15) is 23.6 Å². The lowest BCUT2D eigenvalue weighted by molar-refractivity contribution is 1.44. The third-order valence-corrected chi connectivity index (χ3v) is 12.2. The molecule has 0 unspecified atom stereocenters. The summed E-state index contributed by atoms with van der Waals surface area (Å²) >= 11 is 0. The second kappa shape index (κ2) is 19.6. The maximum absolute atomic E-state index is 5.13. The Morgan fingerprint density at radius 1 is 0.284 bits per heavy atom. The lowest BCUT2D eigenvalue weighted by Gasteiger charge is -2.24. The smallest absolute Gasteiger partial charge is 0.160 e. The van der Waals surface area contributed by atoms with Crippen LogP contribution >= 0.6 is 0 Å². The van der Waals surface area contributed by atoms with Crippen LogP contribution in [0.5, 0.6) is 0 Å². The van der Waals surface area contributed by atoms with Crippen molar-refractivity contribution >= 4 is 17.2 Å². The zero-order valence-electron chi connectivity index (χ0n) is 37.4. The standard InChI is InChI=1S/C65H48N2/c1-46(48-24-9-3-10-25-48)66-65(67-47(2)49-26-11-4-12-27-49)59-41-23-39-57(44-59)55-37-21-36-54(42-55)56-38-22-40-58(43-56)61-45-60(50-28-13-5-14-29-50)62(51-30-15-6-16-31-51)64(53-34-19-8-20-35-53)63(61)52-32-17-7-18-33-52/h3-45H,1H2,2H3/b66-65-,67-47+.